The molecule has 0 aliphatic carbocycles. The van der Waals surface area contributed by atoms with Crippen LogP contribution in [-0.2, 0) is 11.3 Å². The molecule has 0 radical (unpaired) electrons. The number of hydrogen-bond donors (Lipinski definition) is 1. The van der Waals surface area contributed by atoms with Crippen molar-refractivity contribution >= 4 is 5.91 Å². The van der Waals surface area contributed by atoms with Gasteiger partial charge in [-0.3, -0.25) is 4.79 Å². The number of nitrogens with zero attached hydrogens (tertiary/aromatic N) is 1. The van der Waals surface area contributed by atoms with Crippen molar-refractivity contribution in [2.24, 2.45) is 11.1 Å². The van der Waals surface area contributed by atoms with Crippen LogP contribution in [-0.4, -0.2) is 22.9 Å². The van der Waals surface area contributed by atoms with Crippen LogP contribution in [0.25, 0.3) is 0 Å². The summed E-state index contributed by atoms with van der Waals surface area (Å²) in [5.74, 6) is 0.106. The average molecular weight is 276 g/mol. The lowest BCUT2D eigenvalue weighted by Crippen LogP contribution is -2.56. The van der Waals surface area contributed by atoms with E-state index >= 15 is 0 Å². The number of nitrogens with two attached hydrogens (primary N) is 1. The lowest BCUT2D eigenvalue weighted by molar-refractivity contribution is -0.144. The first kappa shape index (κ1) is 16.7. The molecule has 0 saturated heterocycles. The van der Waals surface area contributed by atoms with E-state index in [0.29, 0.717) is 13.1 Å². The zero-order chi connectivity index (χ0) is 15.6. The van der Waals surface area contributed by atoms with E-state index in [1.807, 2.05) is 45.6 Å². The molecule has 20 heavy (non-hydrogen) atoms. The molecule has 1 aromatic carbocycles. The van der Waals surface area contributed by atoms with Gasteiger partial charge in [0.25, 0.3) is 0 Å². The van der Waals surface area contributed by atoms with E-state index in [0.717, 1.165) is 5.56 Å². The second-order valence-electron chi connectivity index (χ2n) is 6.66. The van der Waals surface area contributed by atoms with Gasteiger partial charge in [0, 0.05) is 18.6 Å². The molecule has 0 spiro atoms. The second kappa shape index (κ2) is 5.96. The first-order valence-electron chi connectivity index (χ1n) is 7.23. The van der Waals surface area contributed by atoms with Crippen LogP contribution in [0.2, 0.25) is 0 Å². The number of amides is 1. The third-order valence-electron chi connectivity index (χ3n) is 4.27. The molecule has 0 aliphatic heterocycles. The van der Waals surface area contributed by atoms with Gasteiger partial charge in [-0.1, -0.05) is 29.8 Å². The Morgan fingerprint density at radius 2 is 1.85 bits per heavy atom. The molecule has 1 amide bonds. The van der Waals surface area contributed by atoms with Gasteiger partial charge in [-0.15, -0.1) is 0 Å². The zero-order valence-electron chi connectivity index (χ0n) is 13.7. The van der Waals surface area contributed by atoms with Gasteiger partial charge in [-0.25, -0.2) is 0 Å². The Labute approximate surface area is 123 Å². The van der Waals surface area contributed by atoms with Crippen LogP contribution in [0.1, 0.15) is 45.7 Å². The van der Waals surface area contributed by atoms with Gasteiger partial charge in [-0.05, 0) is 47.1 Å². The molecular formula is C17H28N2O. The quantitative estimate of drug-likeness (QED) is 0.898. The number of benzene rings is 1. The Hall–Kier alpha value is -1.35. The van der Waals surface area contributed by atoms with Crippen molar-refractivity contribution in [2.75, 3.05) is 6.54 Å². The maximum atomic E-state index is 12.8. The van der Waals surface area contributed by atoms with Crippen molar-refractivity contribution in [2.45, 2.75) is 53.6 Å². The van der Waals surface area contributed by atoms with E-state index in [2.05, 4.69) is 25.1 Å². The normalized spacial score (nSPS) is 12.3. The molecule has 112 valence electrons. The molecule has 0 heterocycles. The molecular weight excluding hydrogens is 248 g/mol. The van der Waals surface area contributed by atoms with Gasteiger partial charge < -0.3 is 10.6 Å². The standard InChI is InChI=1S/C17H28N2O/c1-7-19(12-14-10-8-9-13(2)11-14)15(20)16(3,4)17(5,6)18/h8-11H,7,12,18H2,1-6H3. The molecule has 3 nitrogen and oxygen atoms in total. The fourth-order valence-electron chi connectivity index (χ4n) is 2.03. The average Bonchev–Trinajstić information content (AvgIpc) is 2.33. The van der Waals surface area contributed by atoms with E-state index in [9.17, 15) is 4.79 Å². The number of aryl methyl sites for hydroxylation is 1. The summed E-state index contributed by atoms with van der Waals surface area (Å²) >= 11 is 0. The second-order valence-corrected chi connectivity index (χ2v) is 6.66. The van der Waals surface area contributed by atoms with Gasteiger partial charge in [0.05, 0.1) is 5.41 Å². The highest BCUT2D eigenvalue weighted by molar-refractivity contribution is 5.83. The summed E-state index contributed by atoms with van der Waals surface area (Å²) in [5, 5.41) is 0. The van der Waals surface area contributed by atoms with Gasteiger partial charge in [-0.2, -0.15) is 0 Å². The summed E-state index contributed by atoms with van der Waals surface area (Å²) in [6.07, 6.45) is 0. The maximum absolute atomic E-state index is 12.8. The highest BCUT2D eigenvalue weighted by Gasteiger charge is 2.42. The molecule has 0 aliphatic rings. The third kappa shape index (κ3) is 3.60. The summed E-state index contributed by atoms with van der Waals surface area (Å²) in [7, 11) is 0. The van der Waals surface area contributed by atoms with E-state index < -0.39 is 11.0 Å². The molecule has 0 fully saturated rings. The molecule has 0 atom stereocenters. The van der Waals surface area contributed by atoms with E-state index in [-0.39, 0.29) is 5.91 Å². The Balaban J connectivity index is 2.94. The smallest absolute Gasteiger partial charge is 0.230 e. The molecule has 0 saturated carbocycles. The van der Waals surface area contributed by atoms with Crippen molar-refractivity contribution in [1.29, 1.82) is 0 Å². The van der Waals surface area contributed by atoms with Crippen molar-refractivity contribution in [3.8, 4) is 0 Å². The van der Waals surface area contributed by atoms with Crippen molar-refractivity contribution in [3.05, 3.63) is 35.4 Å². The Morgan fingerprint density at radius 1 is 1.25 bits per heavy atom. The van der Waals surface area contributed by atoms with Crippen LogP contribution in [0.3, 0.4) is 0 Å². The topological polar surface area (TPSA) is 46.3 Å². The van der Waals surface area contributed by atoms with Crippen molar-refractivity contribution < 1.29 is 4.79 Å². The maximum Gasteiger partial charge on any atom is 0.230 e. The summed E-state index contributed by atoms with van der Waals surface area (Å²) < 4.78 is 0. The summed E-state index contributed by atoms with van der Waals surface area (Å²) in [6.45, 7) is 13.1. The number of rotatable bonds is 5. The first-order valence-corrected chi connectivity index (χ1v) is 7.23. The van der Waals surface area contributed by atoms with Gasteiger partial charge in [0.1, 0.15) is 0 Å². The van der Waals surface area contributed by atoms with Gasteiger partial charge >= 0.3 is 0 Å². The highest BCUT2D eigenvalue weighted by Crippen LogP contribution is 2.31. The van der Waals surface area contributed by atoms with Crippen molar-refractivity contribution in [1.82, 2.24) is 4.90 Å². The fraction of sp³-hybridized carbons (Fsp3) is 0.588. The molecule has 0 unspecified atom stereocenters. The van der Waals surface area contributed by atoms with Crippen molar-refractivity contribution in [3.63, 3.8) is 0 Å². The van der Waals surface area contributed by atoms with E-state index in [1.165, 1.54) is 5.56 Å². The molecule has 1 rings (SSSR count). The number of hydrogen-bond acceptors (Lipinski definition) is 2. The van der Waals surface area contributed by atoms with E-state index in [4.69, 9.17) is 5.73 Å². The molecule has 1 aromatic rings. The predicted molar refractivity (Wildman–Crippen MR) is 84.3 cm³/mol. The third-order valence-corrected chi connectivity index (χ3v) is 4.27. The minimum atomic E-state index is -0.590. The van der Waals surface area contributed by atoms with Crippen LogP contribution >= 0.6 is 0 Å². The Morgan fingerprint density at radius 3 is 2.30 bits per heavy atom. The van der Waals surface area contributed by atoms with Gasteiger partial charge in [0.15, 0.2) is 0 Å². The Kier molecular flexibility index (Phi) is 4.98. The van der Waals surface area contributed by atoms with Crippen LogP contribution < -0.4 is 5.73 Å². The monoisotopic (exact) mass is 276 g/mol. The van der Waals surface area contributed by atoms with Gasteiger partial charge in [0.2, 0.25) is 5.91 Å². The lowest BCUT2D eigenvalue weighted by Gasteiger charge is -2.40. The lowest BCUT2D eigenvalue weighted by atomic mass is 9.74. The molecule has 3 heteroatoms. The first-order chi connectivity index (χ1) is 9.09. The number of carbonyl (C=O) groups excluding carboxylic acids is 1. The van der Waals surface area contributed by atoms with Crippen LogP contribution in [0.4, 0.5) is 0 Å². The summed E-state index contributed by atoms with van der Waals surface area (Å²) in [5.41, 5.74) is 7.41. The summed E-state index contributed by atoms with van der Waals surface area (Å²) in [6, 6.07) is 8.27. The van der Waals surface area contributed by atoms with E-state index in [1.54, 1.807) is 0 Å². The zero-order valence-corrected chi connectivity index (χ0v) is 13.7. The predicted octanol–water partition coefficient (Wildman–Crippen LogP) is 3.11. The largest absolute Gasteiger partial charge is 0.338 e. The van der Waals surface area contributed by atoms with Crippen LogP contribution in [0, 0.1) is 12.3 Å². The van der Waals surface area contributed by atoms with Crippen LogP contribution in [0.15, 0.2) is 24.3 Å². The molecule has 2 N–H and O–H groups in total. The number of carbonyl (C=O) groups is 1. The fourth-order valence-corrected chi connectivity index (χ4v) is 2.03. The molecule has 0 aromatic heterocycles. The summed E-state index contributed by atoms with van der Waals surface area (Å²) in [4.78, 5) is 14.7. The Bertz CT molecular complexity index is 472. The SMILES string of the molecule is CCN(Cc1cccc(C)c1)C(=O)C(C)(C)C(C)(C)N. The molecule has 0 bridgehead atoms. The highest BCUT2D eigenvalue weighted by atomic mass is 16.2. The minimum Gasteiger partial charge on any atom is -0.338 e. The minimum absolute atomic E-state index is 0.106. The van der Waals surface area contributed by atoms with Crippen LogP contribution in [0.5, 0.6) is 0 Å².